The van der Waals surface area contributed by atoms with Gasteiger partial charge < -0.3 is 5.11 Å². The number of halogens is 1. The largest absolute Gasteiger partial charge is 0.385 e. The quantitative estimate of drug-likeness (QED) is 0.791. The molecule has 106 valence electrons. The first kappa shape index (κ1) is 13.7. The fourth-order valence-corrected chi connectivity index (χ4v) is 2.68. The van der Waals surface area contributed by atoms with Crippen LogP contribution < -0.4 is 0 Å². The molecule has 0 saturated carbocycles. The van der Waals surface area contributed by atoms with Gasteiger partial charge in [-0.1, -0.05) is 36.4 Å². The molecule has 0 aliphatic rings. The molecule has 1 atom stereocenters. The van der Waals surface area contributed by atoms with E-state index < -0.39 is 5.60 Å². The van der Waals surface area contributed by atoms with Crippen LogP contribution in [0.25, 0.3) is 10.9 Å². The van der Waals surface area contributed by atoms with Crippen molar-refractivity contribution in [2.45, 2.75) is 18.9 Å². The number of aliphatic hydroxyl groups is 1. The lowest BCUT2D eigenvalue weighted by Gasteiger charge is -2.25. The van der Waals surface area contributed by atoms with Crippen LogP contribution in [0, 0.1) is 5.82 Å². The highest BCUT2D eigenvalue weighted by Gasteiger charge is 2.26. The molecule has 3 heteroatoms. The Hall–Kier alpha value is -2.26. The highest BCUT2D eigenvalue weighted by molar-refractivity contribution is 5.82. The summed E-state index contributed by atoms with van der Waals surface area (Å²) in [6.45, 7) is 1.71. The Kier molecular flexibility index (Phi) is 3.43. The molecule has 0 amide bonds. The third-order valence-electron chi connectivity index (χ3n) is 3.72. The van der Waals surface area contributed by atoms with Gasteiger partial charge in [0.1, 0.15) is 5.82 Å². The van der Waals surface area contributed by atoms with Gasteiger partial charge >= 0.3 is 0 Å². The highest BCUT2D eigenvalue weighted by atomic mass is 19.1. The zero-order valence-corrected chi connectivity index (χ0v) is 11.8. The summed E-state index contributed by atoms with van der Waals surface area (Å²) in [4.78, 5) is 4.29. The van der Waals surface area contributed by atoms with Gasteiger partial charge in [0.2, 0.25) is 0 Å². The van der Waals surface area contributed by atoms with Gasteiger partial charge in [-0.05, 0) is 36.2 Å². The van der Waals surface area contributed by atoms with Crippen LogP contribution in [-0.2, 0) is 12.0 Å². The van der Waals surface area contributed by atoms with E-state index in [-0.39, 0.29) is 12.2 Å². The van der Waals surface area contributed by atoms with Crippen LogP contribution in [0.1, 0.15) is 18.1 Å². The third kappa shape index (κ3) is 2.65. The van der Waals surface area contributed by atoms with Crippen molar-refractivity contribution in [3.63, 3.8) is 0 Å². The molecular weight excluding hydrogens is 265 g/mol. The number of benzene rings is 2. The highest BCUT2D eigenvalue weighted by Crippen LogP contribution is 2.31. The molecule has 0 aliphatic heterocycles. The number of aromatic nitrogens is 1. The standard InChI is InChI=1S/C18H16FNO/c1-18(21,12-13-6-2-3-9-16(13)19)15-8-4-10-17-14(15)7-5-11-20-17/h2-11,21H,12H2,1H3. The van der Waals surface area contributed by atoms with Crippen LogP contribution in [0.2, 0.25) is 0 Å². The second-order valence-electron chi connectivity index (χ2n) is 5.42. The zero-order chi connectivity index (χ0) is 14.9. The summed E-state index contributed by atoms with van der Waals surface area (Å²) in [5.41, 5.74) is 0.925. The van der Waals surface area contributed by atoms with Gasteiger partial charge in [-0.2, -0.15) is 0 Å². The van der Waals surface area contributed by atoms with Crippen molar-refractivity contribution in [2.75, 3.05) is 0 Å². The minimum atomic E-state index is -1.16. The van der Waals surface area contributed by atoms with E-state index in [1.54, 1.807) is 31.3 Å². The maximum Gasteiger partial charge on any atom is 0.126 e. The van der Waals surface area contributed by atoms with Gasteiger partial charge in [0.15, 0.2) is 0 Å². The Bertz CT molecular complexity index is 778. The van der Waals surface area contributed by atoms with Crippen molar-refractivity contribution in [1.82, 2.24) is 4.98 Å². The topological polar surface area (TPSA) is 33.1 Å². The molecule has 0 radical (unpaired) electrons. The summed E-state index contributed by atoms with van der Waals surface area (Å²) in [5.74, 6) is -0.295. The zero-order valence-electron chi connectivity index (χ0n) is 11.8. The van der Waals surface area contributed by atoms with E-state index in [0.29, 0.717) is 5.56 Å². The molecule has 1 unspecified atom stereocenters. The SMILES string of the molecule is CC(O)(Cc1ccccc1F)c1cccc2ncccc12. The van der Waals surface area contributed by atoms with Crippen LogP contribution >= 0.6 is 0 Å². The summed E-state index contributed by atoms with van der Waals surface area (Å²) in [6.07, 6.45) is 1.94. The molecule has 0 fully saturated rings. The lowest BCUT2D eigenvalue weighted by Crippen LogP contribution is -2.25. The second kappa shape index (κ2) is 5.26. The van der Waals surface area contributed by atoms with E-state index >= 15 is 0 Å². The van der Waals surface area contributed by atoms with Crippen molar-refractivity contribution >= 4 is 10.9 Å². The molecule has 0 aliphatic carbocycles. The molecule has 1 heterocycles. The molecule has 2 nitrogen and oxygen atoms in total. The molecule has 3 rings (SSSR count). The van der Waals surface area contributed by atoms with E-state index in [0.717, 1.165) is 16.5 Å². The first-order valence-electron chi connectivity index (χ1n) is 6.88. The van der Waals surface area contributed by atoms with E-state index in [4.69, 9.17) is 0 Å². The lowest BCUT2D eigenvalue weighted by atomic mass is 9.86. The molecular formula is C18H16FNO. The third-order valence-corrected chi connectivity index (χ3v) is 3.72. The van der Waals surface area contributed by atoms with Crippen molar-refractivity contribution in [3.05, 3.63) is 77.7 Å². The first-order valence-corrected chi connectivity index (χ1v) is 6.88. The maximum atomic E-state index is 13.8. The number of fused-ring (bicyclic) bond motifs is 1. The minimum absolute atomic E-state index is 0.216. The van der Waals surface area contributed by atoms with Gasteiger partial charge in [0.05, 0.1) is 11.1 Å². The lowest BCUT2D eigenvalue weighted by molar-refractivity contribution is 0.0582. The summed E-state index contributed by atoms with van der Waals surface area (Å²) in [7, 11) is 0. The average molecular weight is 281 g/mol. The van der Waals surface area contributed by atoms with Gasteiger partial charge in [-0.25, -0.2) is 4.39 Å². The average Bonchev–Trinajstić information content (AvgIpc) is 2.49. The summed E-state index contributed by atoms with van der Waals surface area (Å²) in [6, 6.07) is 15.9. The van der Waals surface area contributed by atoms with E-state index in [1.165, 1.54) is 6.07 Å². The predicted octanol–water partition coefficient (Wildman–Crippen LogP) is 3.82. The smallest absolute Gasteiger partial charge is 0.126 e. The van der Waals surface area contributed by atoms with Crippen molar-refractivity contribution in [2.24, 2.45) is 0 Å². The fraction of sp³-hybridized carbons (Fsp3) is 0.167. The van der Waals surface area contributed by atoms with Gasteiger partial charge in [0.25, 0.3) is 0 Å². The second-order valence-corrected chi connectivity index (χ2v) is 5.42. The van der Waals surface area contributed by atoms with Crippen LogP contribution in [0.5, 0.6) is 0 Å². The Morgan fingerprint density at radius 3 is 2.67 bits per heavy atom. The van der Waals surface area contributed by atoms with Crippen molar-refractivity contribution < 1.29 is 9.50 Å². The molecule has 2 aromatic carbocycles. The fourth-order valence-electron chi connectivity index (χ4n) is 2.68. The normalized spacial score (nSPS) is 14.0. The number of nitrogens with zero attached hydrogens (tertiary/aromatic N) is 1. The van der Waals surface area contributed by atoms with E-state index in [2.05, 4.69) is 4.98 Å². The Labute approximate surface area is 122 Å². The van der Waals surface area contributed by atoms with Crippen molar-refractivity contribution in [1.29, 1.82) is 0 Å². The molecule has 1 N–H and O–H groups in total. The first-order chi connectivity index (χ1) is 10.1. The van der Waals surface area contributed by atoms with Crippen LogP contribution in [0.3, 0.4) is 0 Å². The monoisotopic (exact) mass is 281 g/mol. The van der Waals surface area contributed by atoms with Crippen LogP contribution in [0.15, 0.2) is 60.8 Å². The summed E-state index contributed by atoms with van der Waals surface area (Å²) < 4.78 is 13.8. The molecule has 0 saturated heterocycles. The number of rotatable bonds is 3. The van der Waals surface area contributed by atoms with E-state index in [9.17, 15) is 9.50 Å². The maximum absolute atomic E-state index is 13.8. The minimum Gasteiger partial charge on any atom is -0.385 e. The van der Waals surface area contributed by atoms with Gasteiger partial charge in [-0.15, -0.1) is 0 Å². The molecule has 21 heavy (non-hydrogen) atoms. The van der Waals surface area contributed by atoms with Crippen LogP contribution in [0.4, 0.5) is 4.39 Å². The van der Waals surface area contributed by atoms with Crippen molar-refractivity contribution in [3.8, 4) is 0 Å². The molecule has 3 aromatic rings. The Morgan fingerprint density at radius 1 is 1.05 bits per heavy atom. The predicted molar refractivity (Wildman–Crippen MR) is 81.4 cm³/mol. The molecule has 0 bridgehead atoms. The molecule has 1 aromatic heterocycles. The van der Waals surface area contributed by atoms with E-state index in [1.807, 2.05) is 30.3 Å². The van der Waals surface area contributed by atoms with Gasteiger partial charge in [0, 0.05) is 18.0 Å². The Morgan fingerprint density at radius 2 is 1.86 bits per heavy atom. The summed E-state index contributed by atoms with van der Waals surface area (Å²) in [5, 5.41) is 11.8. The van der Waals surface area contributed by atoms with Crippen LogP contribution in [-0.4, -0.2) is 10.1 Å². The Balaban J connectivity index is 2.06. The van der Waals surface area contributed by atoms with Gasteiger partial charge in [-0.3, -0.25) is 4.98 Å². The number of pyridine rings is 1. The number of hydrogen-bond acceptors (Lipinski definition) is 2. The number of hydrogen-bond donors (Lipinski definition) is 1. The molecule has 0 spiro atoms. The summed E-state index contributed by atoms with van der Waals surface area (Å²) >= 11 is 0.